The van der Waals surface area contributed by atoms with Crippen LogP contribution in [-0.4, -0.2) is 9.55 Å². The van der Waals surface area contributed by atoms with Gasteiger partial charge in [0.1, 0.15) is 0 Å². The standard InChI is InChI=1S/C9H11ClN4/c1-5-3-6(10)8-7(4-5)12-9(13-11)14(8)2/h3-4H,11H2,1-2H3,(H,12,13). The number of fused-ring (bicyclic) bond motifs is 1. The molecule has 4 nitrogen and oxygen atoms in total. The normalized spacial score (nSPS) is 10.9. The zero-order valence-electron chi connectivity index (χ0n) is 8.00. The van der Waals surface area contributed by atoms with Crippen LogP contribution < -0.4 is 11.3 Å². The average Bonchev–Trinajstić information content (AvgIpc) is 2.42. The first kappa shape index (κ1) is 9.30. The molecule has 0 radical (unpaired) electrons. The number of aryl methyl sites for hydroxylation is 2. The average molecular weight is 211 g/mol. The summed E-state index contributed by atoms with van der Waals surface area (Å²) in [4.78, 5) is 4.29. The van der Waals surface area contributed by atoms with E-state index in [4.69, 9.17) is 17.4 Å². The number of anilines is 1. The van der Waals surface area contributed by atoms with E-state index < -0.39 is 0 Å². The van der Waals surface area contributed by atoms with Crippen molar-refractivity contribution in [2.24, 2.45) is 12.9 Å². The van der Waals surface area contributed by atoms with Crippen LogP contribution in [-0.2, 0) is 7.05 Å². The molecule has 14 heavy (non-hydrogen) atoms. The van der Waals surface area contributed by atoms with Crippen LogP contribution in [0.4, 0.5) is 5.95 Å². The number of nitrogens with two attached hydrogens (primary N) is 1. The van der Waals surface area contributed by atoms with Crippen LogP contribution in [0.5, 0.6) is 0 Å². The minimum Gasteiger partial charge on any atom is -0.311 e. The topological polar surface area (TPSA) is 55.9 Å². The SMILES string of the molecule is Cc1cc(Cl)c2c(c1)nc(NN)n2C. The number of hydrogen-bond donors (Lipinski definition) is 2. The van der Waals surface area contributed by atoms with Gasteiger partial charge in [-0.3, -0.25) is 5.43 Å². The monoisotopic (exact) mass is 210 g/mol. The Morgan fingerprint density at radius 3 is 2.86 bits per heavy atom. The number of hydrazine groups is 1. The minimum atomic E-state index is 0.604. The zero-order valence-corrected chi connectivity index (χ0v) is 8.76. The number of rotatable bonds is 1. The second kappa shape index (κ2) is 3.15. The van der Waals surface area contributed by atoms with E-state index >= 15 is 0 Å². The maximum absolute atomic E-state index is 6.11. The molecule has 0 aliphatic rings. The number of imidazole rings is 1. The van der Waals surface area contributed by atoms with Crippen molar-refractivity contribution in [2.75, 3.05) is 5.43 Å². The molecular weight excluding hydrogens is 200 g/mol. The fraction of sp³-hybridized carbons (Fsp3) is 0.222. The van der Waals surface area contributed by atoms with Crippen molar-refractivity contribution < 1.29 is 0 Å². The van der Waals surface area contributed by atoms with E-state index in [1.54, 1.807) is 0 Å². The van der Waals surface area contributed by atoms with Gasteiger partial charge in [0, 0.05) is 7.05 Å². The first-order valence-electron chi connectivity index (χ1n) is 4.22. The number of nitrogens with one attached hydrogen (secondary N) is 1. The molecule has 1 aromatic heterocycles. The molecule has 5 heteroatoms. The summed E-state index contributed by atoms with van der Waals surface area (Å²) in [5.41, 5.74) is 5.36. The van der Waals surface area contributed by atoms with Gasteiger partial charge in [0.25, 0.3) is 0 Å². The number of hydrogen-bond acceptors (Lipinski definition) is 3. The number of nitrogen functional groups attached to an aromatic ring is 1. The lowest BCUT2D eigenvalue weighted by atomic mass is 10.2. The van der Waals surface area contributed by atoms with E-state index in [0.29, 0.717) is 11.0 Å². The molecule has 2 rings (SSSR count). The highest BCUT2D eigenvalue weighted by molar-refractivity contribution is 6.35. The van der Waals surface area contributed by atoms with Gasteiger partial charge in [-0.15, -0.1) is 0 Å². The highest BCUT2D eigenvalue weighted by atomic mass is 35.5. The van der Waals surface area contributed by atoms with Crippen molar-refractivity contribution in [2.45, 2.75) is 6.92 Å². The fourth-order valence-corrected chi connectivity index (χ4v) is 1.95. The lowest BCUT2D eigenvalue weighted by molar-refractivity contribution is 0.942. The molecule has 0 aliphatic heterocycles. The third-order valence-corrected chi connectivity index (χ3v) is 2.48. The van der Waals surface area contributed by atoms with Crippen LogP contribution in [0.2, 0.25) is 5.02 Å². The Bertz CT molecular complexity index is 489. The van der Waals surface area contributed by atoms with E-state index in [2.05, 4.69) is 10.4 Å². The fourth-order valence-electron chi connectivity index (χ4n) is 1.56. The van der Waals surface area contributed by atoms with Gasteiger partial charge in [0.15, 0.2) is 0 Å². The summed E-state index contributed by atoms with van der Waals surface area (Å²) in [7, 11) is 1.87. The highest BCUT2D eigenvalue weighted by Crippen LogP contribution is 2.26. The zero-order chi connectivity index (χ0) is 10.3. The second-order valence-corrected chi connectivity index (χ2v) is 3.66. The molecule has 0 aliphatic carbocycles. The maximum atomic E-state index is 6.11. The Balaban J connectivity index is 2.85. The number of halogens is 1. The van der Waals surface area contributed by atoms with Crippen molar-refractivity contribution in [1.82, 2.24) is 9.55 Å². The molecule has 1 aromatic carbocycles. The third-order valence-electron chi connectivity index (χ3n) is 2.20. The second-order valence-electron chi connectivity index (χ2n) is 3.25. The summed E-state index contributed by atoms with van der Waals surface area (Å²) < 4.78 is 1.83. The van der Waals surface area contributed by atoms with E-state index in [1.807, 2.05) is 30.7 Å². The molecular formula is C9H11ClN4. The van der Waals surface area contributed by atoms with Crippen molar-refractivity contribution in [1.29, 1.82) is 0 Å². The van der Waals surface area contributed by atoms with Gasteiger partial charge in [-0.05, 0) is 24.6 Å². The first-order chi connectivity index (χ1) is 6.63. The largest absolute Gasteiger partial charge is 0.311 e. The van der Waals surface area contributed by atoms with Crippen molar-refractivity contribution in [3.63, 3.8) is 0 Å². The Hall–Kier alpha value is -1.26. The summed E-state index contributed by atoms with van der Waals surface area (Å²) >= 11 is 6.11. The van der Waals surface area contributed by atoms with E-state index in [1.165, 1.54) is 0 Å². The lowest BCUT2D eigenvalue weighted by Gasteiger charge is -2.01. The molecule has 3 N–H and O–H groups in total. The molecule has 2 aromatic rings. The quantitative estimate of drug-likeness (QED) is 0.558. The molecule has 0 saturated carbocycles. The summed E-state index contributed by atoms with van der Waals surface area (Å²) in [6, 6.07) is 3.88. The molecule has 1 heterocycles. The predicted octanol–water partition coefficient (Wildman–Crippen LogP) is 1.82. The minimum absolute atomic E-state index is 0.604. The maximum Gasteiger partial charge on any atom is 0.218 e. The summed E-state index contributed by atoms with van der Waals surface area (Å²) in [5.74, 6) is 5.93. The number of nitrogens with zero attached hydrogens (tertiary/aromatic N) is 2. The molecule has 0 amide bonds. The van der Waals surface area contributed by atoms with Gasteiger partial charge in [0.05, 0.1) is 16.1 Å². The van der Waals surface area contributed by atoms with Crippen LogP contribution >= 0.6 is 11.6 Å². The molecule has 0 atom stereocenters. The van der Waals surface area contributed by atoms with Crippen LogP contribution in [0.3, 0.4) is 0 Å². The summed E-state index contributed by atoms with van der Waals surface area (Å²) in [6.07, 6.45) is 0. The molecule has 0 saturated heterocycles. The predicted molar refractivity (Wildman–Crippen MR) is 58.3 cm³/mol. The lowest BCUT2D eigenvalue weighted by Crippen LogP contribution is -2.11. The third kappa shape index (κ3) is 1.23. The van der Waals surface area contributed by atoms with Gasteiger partial charge < -0.3 is 4.57 Å². The Morgan fingerprint density at radius 2 is 2.21 bits per heavy atom. The smallest absolute Gasteiger partial charge is 0.218 e. The summed E-state index contributed by atoms with van der Waals surface area (Å²) in [5, 5.41) is 0.691. The molecule has 0 bridgehead atoms. The van der Waals surface area contributed by atoms with Gasteiger partial charge in [-0.25, -0.2) is 10.8 Å². The molecule has 0 spiro atoms. The van der Waals surface area contributed by atoms with Crippen molar-refractivity contribution in [3.8, 4) is 0 Å². The van der Waals surface area contributed by atoms with Crippen molar-refractivity contribution >= 4 is 28.6 Å². The van der Waals surface area contributed by atoms with Crippen LogP contribution in [0.1, 0.15) is 5.56 Å². The van der Waals surface area contributed by atoms with Gasteiger partial charge in [-0.1, -0.05) is 11.6 Å². The number of aromatic nitrogens is 2. The van der Waals surface area contributed by atoms with E-state index in [9.17, 15) is 0 Å². The van der Waals surface area contributed by atoms with Crippen molar-refractivity contribution in [3.05, 3.63) is 22.7 Å². The van der Waals surface area contributed by atoms with Crippen LogP contribution in [0, 0.1) is 6.92 Å². The Kier molecular flexibility index (Phi) is 2.09. The first-order valence-corrected chi connectivity index (χ1v) is 4.60. The molecule has 0 fully saturated rings. The van der Waals surface area contributed by atoms with Gasteiger partial charge in [0.2, 0.25) is 5.95 Å². The Morgan fingerprint density at radius 1 is 1.50 bits per heavy atom. The number of benzene rings is 1. The Labute approximate surface area is 86.6 Å². The van der Waals surface area contributed by atoms with Gasteiger partial charge in [-0.2, -0.15) is 0 Å². The van der Waals surface area contributed by atoms with Crippen LogP contribution in [0.15, 0.2) is 12.1 Å². The van der Waals surface area contributed by atoms with Gasteiger partial charge >= 0.3 is 0 Å². The summed E-state index contributed by atoms with van der Waals surface area (Å²) in [6.45, 7) is 1.98. The molecule has 0 unspecified atom stereocenters. The van der Waals surface area contributed by atoms with Crippen LogP contribution in [0.25, 0.3) is 11.0 Å². The van der Waals surface area contributed by atoms with E-state index in [0.717, 1.165) is 16.6 Å². The van der Waals surface area contributed by atoms with E-state index in [-0.39, 0.29) is 0 Å². The highest BCUT2D eigenvalue weighted by Gasteiger charge is 2.09. The molecule has 74 valence electrons.